The number of benzene rings is 1. The Hall–Kier alpha value is -2.91. The predicted molar refractivity (Wildman–Crippen MR) is 95.7 cm³/mol. The summed E-state index contributed by atoms with van der Waals surface area (Å²) in [6.07, 6.45) is 4.26. The number of rotatable bonds is 5. The summed E-state index contributed by atoms with van der Waals surface area (Å²) in [6, 6.07) is 8.19. The van der Waals surface area contributed by atoms with E-state index in [9.17, 15) is 13.2 Å². The predicted octanol–water partition coefficient (Wildman–Crippen LogP) is 1.60. The molecule has 0 saturated carbocycles. The van der Waals surface area contributed by atoms with E-state index in [1.54, 1.807) is 0 Å². The lowest BCUT2D eigenvalue weighted by Gasteiger charge is -2.05. The van der Waals surface area contributed by atoms with Gasteiger partial charge < -0.3 is 8.82 Å². The Bertz CT molecular complexity index is 1270. The zero-order valence-corrected chi connectivity index (χ0v) is 14.7. The van der Waals surface area contributed by atoms with E-state index in [1.807, 2.05) is 35.9 Å². The van der Waals surface area contributed by atoms with Crippen LogP contribution in [0.4, 0.5) is 0 Å². The zero-order chi connectivity index (χ0) is 18.3. The Morgan fingerprint density at radius 2 is 2.12 bits per heavy atom. The van der Waals surface area contributed by atoms with Crippen molar-refractivity contribution in [2.45, 2.75) is 18.2 Å². The minimum atomic E-state index is -3.71. The number of imidazole rings is 1. The van der Waals surface area contributed by atoms with Crippen molar-refractivity contribution in [3.05, 3.63) is 64.5 Å². The summed E-state index contributed by atoms with van der Waals surface area (Å²) in [4.78, 5) is 18.2. The molecule has 0 amide bonds. The van der Waals surface area contributed by atoms with Crippen molar-refractivity contribution in [1.29, 1.82) is 0 Å². The summed E-state index contributed by atoms with van der Waals surface area (Å²) < 4.78 is 34.2. The van der Waals surface area contributed by atoms with Gasteiger partial charge in [0.2, 0.25) is 10.0 Å². The van der Waals surface area contributed by atoms with Crippen LogP contribution < -0.4 is 10.5 Å². The van der Waals surface area contributed by atoms with Crippen LogP contribution in [-0.4, -0.2) is 29.3 Å². The summed E-state index contributed by atoms with van der Waals surface area (Å²) in [5, 5.41) is 0. The Balaban J connectivity index is 1.48. The highest BCUT2D eigenvalue weighted by molar-refractivity contribution is 7.89. The Labute approximate surface area is 148 Å². The molecule has 0 atom stereocenters. The maximum atomic E-state index is 12.4. The molecule has 0 radical (unpaired) electrons. The van der Waals surface area contributed by atoms with Gasteiger partial charge in [-0.05, 0) is 36.8 Å². The van der Waals surface area contributed by atoms with Crippen LogP contribution in [0.3, 0.4) is 0 Å². The van der Waals surface area contributed by atoms with Crippen molar-refractivity contribution in [2.75, 3.05) is 6.54 Å². The molecule has 2 N–H and O–H groups in total. The van der Waals surface area contributed by atoms with E-state index in [4.69, 9.17) is 4.42 Å². The fourth-order valence-electron chi connectivity index (χ4n) is 2.75. The van der Waals surface area contributed by atoms with Gasteiger partial charge in [-0.3, -0.25) is 4.98 Å². The molecule has 26 heavy (non-hydrogen) atoms. The van der Waals surface area contributed by atoms with Gasteiger partial charge in [0.25, 0.3) is 0 Å². The van der Waals surface area contributed by atoms with Gasteiger partial charge >= 0.3 is 5.76 Å². The highest BCUT2D eigenvalue weighted by Crippen LogP contribution is 2.16. The molecule has 0 fully saturated rings. The number of pyridine rings is 1. The number of fused-ring (bicyclic) bond motifs is 2. The van der Waals surface area contributed by atoms with Crippen LogP contribution in [0.2, 0.25) is 0 Å². The van der Waals surface area contributed by atoms with Gasteiger partial charge in [-0.1, -0.05) is 0 Å². The van der Waals surface area contributed by atoms with Crippen molar-refractivity contribution < 1.29 is 12.8 Å². The molecule has 0 aliphatic rings. The first-order valence-corrected chi connectivity index (χ1v) is 9.46. The molecule has 4 aromatic rings. The molecule has 3 aromatic heterocycles. The first-order valence-electron chi connectivity index (χ1n) is 7.97. The standard InChI is InChI=1S/C17H16N4O4S/c1-11-5-7-21-10-12(19-16(21)8-11)4-6-18-26(23,24)13-2-3-14-15(9-13)25-17(22)20-14/h2-3,5,7-10,18H,4,6H2,1H3,(H,20,22). The van der Waals surface area contributed by atoms with Gasteiger partial charge in [0, 0.05) is 31.4 Å². The van der Waals surface area contributed by atoms with E-state index in [-0.39, 0.29) is 17.0 Å². The maximum absolute atomic E-state index is 12.4. The largest absolute Gasteiger partial charge is 0.417 e. The molecule has 4 rings (SSSR count). The lowest BCUT2D eigenvalue weighted by atomic mass is 10.3. The smallest absolute Gasteiger partial charge is 0.408 e. The number of oxazole rings is 1. The first kappa shape index (κ1) is 16.6. The molecule has 0 aliphatic carbocycles. The monoisotopic (exact) mass is 372 g/mol. The van der Waals surface area contributed by atoms with E-state index >= 15 is 0 Å². The van der Waals surface area contributed by atoms with Gasteiger partial charge in [-0.25, -0.2) is 22.9 Å². The van der Waals surface area contributed by atoms with Crippen LogP contribution in [0.25, 0.3) is 16.7 Å². The summed E-state index contributed by atoms with van der Waals surface area (Å²) in [6.45, 7) is 2.20. The minimum Gasteiger partial charge on any atom is -0.408 e. The number of hydrogen-bond donors (Lipinski definition) is 2. The molecule has 8 nitrogen and oxygen atoms in total. The number of aromatic nitrogens is 3. The lowest BCUT2D eigenvalue weighted by Crippen LogP contribution is -2.26. The molecule has 0 saturated heterocycles. The van der Waals surface area contributed by atoms with E-state index in [0.29, 0.717) is 11.9 Å². The van der Waals surface area contributed by atoms with Gasteiger partial charge in [0.1, 0.15) is 5.65 Å². The third-order valence-electron chi connectivity index (χ3n) is 4.04. The molecule has 0 unspecified atom stereocenters. The Morgan fingerprint density at radius 3 is 2.96 bits per heavy atom. The second-order valence-corrected chi connectivity index (χ2v) is 7.79. The molecular formula is C17H16N4O4S. The SMILES string of the molecule is Cc1ccn2cc(CCNS(=O)(=O)c3ccc4[nH]c(=O)oc4c3)nc2c1. The zero-order valence-electron chi connectivity index (χ0n) is 13.9. The van der Waals surface area contributed by atoms with E-state index in [1.165, 1.54) is 18.2 Å². The van der Waals surface area contributed by atoms with Crippen LogP contribution in [0.5, 0.6) is 0 Å². The van der Waals surface area contributed by atoms with Crippen molar-refractivity contribution in [1.82, 2.24) is 19.1 Å². The van der Waals surface area contributed by atoms with Crippen molar-refractivity contribution in [2.24, 2.45) is 0 Å². The second kappa shape index (κ2) is 6.11. The van der Waals surface area contributed by atoms with Gasteiger partial charge in [-0.15, -0.1) is 0 Å². The average Bonchev–Trinajstić information content (AvgIpc) is 3.15. The quantitative estimate of drug-likeness (QED) is 0.553. The van der Waals surface area contributed by atoms with Gasteiger partial charge in [0.15, 0.2) is 5.58 Å². The van der Waals surface area contributed by atoms with E-state index < -0.39 is 15.8 Å². The summed E-state index contributed by atoms with van der Waals surface area (Å²) >= 11 is 0. The van der Waals surface area contributed by atoms with Crippen LogP contribution in [0.1, 0.15) is 11.3 Å². The highest BCUT2D eigenvalue weighted by atomic mass is 32.2. The van der Waals surface area contributed by atoms with Crippen molar-refractivity contribution in [3.63, 3.8) is 0 Å². The minimum absolute atomic E-state index is 0.0402. The van der Waals surface area contributed by atoms with Crippen LogP contribution >= 0.6 is 0 Å². The first-order chi connectivity index (χ1) is 12.4. The number of H-pyrrole nitrogens is 1. The lowest BCUT2D eigenvalue weighted by molar-refractivity contribution is 0.553. The number of sulfonamides is 1. The molecule has 0 spiro atoms. The maximum Gasteiger partial charge on any atom is 0.417 e. The van der Waals surface area contributed by atoms with E-state index in [2.05, 4.69) is 14.7 Å². The van der Waals surface area contributed by atoms with Crippen LogP contribution in [0, 0.1) is 6.92 Å². The summed E-state index contributed by atoms with van der Waals surface area (Å²) in [7, 11) is -3.71. The molecule has 1 aromatic carbocycles. The number of aromatic amines is 1. The normalized spacial score (nSPS) is 12.2. The number of nitrogens with zero attached hydrogens (tertiary/aromatic N) is 2. The van der Waals surface area contributed by atoms with Crippen molar-refractivity contribution in [3.8, 4) is 0 Å². The molecule has 9 heteroatoms. The van der Waals surface area contributed by atoms with Crippen LogP contribution in [-0.2, 0) is 16.4 Å². The topological polar surface area (TPSA) is 109 Å². The highest BCUT2D eigenvalue weighted by Gasteiger charge is 2.16. The molecule has 0 bridgehead atoms. The van der Waals surface area contributed by atoms with Crippen LogP contribution in [0.15, 0.2) is 56.8 Å². The van der Waals surface area contributed by atoms with E-state index in [0.717, 1.165) is 16.9 Å². The molecule has 134 valence electrons. The fourth-order valence-corrected chi connectivity index (χ4v) is 3.79. The van der Waals surface area contributed by atoms with Gasteiger partial charge in [-0.2, -0.15) is 0 Å². The summed E-state index contributed by atoms with van der Waals surface area (Å²) in [5.74, 6) is -0.621. The second-order valence-electron chi connectivity index (χ2n) is 6.02. The number of aryl methyl sites for hydroxylation is 1. The molecule has 0 aliphatic heterocycles. The molecular weight excluding hydrogens is 356 g/mol. The molecule has 3 heterocycles. The van der Waals surface area contributed by atoms with Gasteiger partial charge in [0.05, 0.1) is 16.1 Å². The Morgan fingerprint density at radius 1 is 1.27 bits per heavy atom. The Kier molecular flexibility index (Phi) is 3.89. The average molecular weight is 372 g/mol. The van der Waals surface area contributed by atoms with Crippen molar-refractivity contribution >= 4 is 26.8 Å². The number of nitrogens with one attached hydrogen (secondary N) is 2. The third kappa shape index (κ3) is 3.14. The third-order valence-corrected chi connectivity index (χ3v) is 5.50. The summed E-state index contributed by atoms with van der Waals surface area (Å²) in [5.41, 5.74) is 3.39. The number of hydrogen-bond acceptors (Lipinski definition) is 5. The fraction of sp³-hybridized carbons (Fsp3) is 0.176.